The van der Waals surface area contributed by atoms with Crippen LogP contribution in [-0.4, -0.2) is 6.09 Å². The van der Waals surface area contributed by atoms with E-state index in [0.29, 0.717) is 15.6 Å². The Bertz CT molecular complexity index is 1300. The van der Waals surface area contributed by atoms with E-state index in [0.717, 1.165) is 39.5 Å². The highest BCUT2D eigenvalue weighted by molar-refractivity contribution is 7.14. The zero-order valence-electron chi connectivity index (χ0n) is 18.6. The van der Waals surface area contributed by atoms with E-state index >= 15 is 0 Å². The third-order valence-corrected chi connectivity index (χ3v) is 7.23. The number of carbonyl (C=O) groups is 1. The molecule has 4 aromatic rings. The molecule has 1 heterocycles. The quantitative estimate of drug-likeness (QED) is 0.292. The number of halogens is 2. The van der Waals surface area contributed by atoms with Gasteiger partial charge in [-0.2, -0.15) is 4.39 Å². The molecule has 0 spiro atoms. The molecule has 0 aliphatic heterocycles. The minimum atomic E-state index is -0.645. The van der Waals surface area contributed by atoms with E-state index in [9.17, 15) is 9.18 Å². The van der Waals surface area contributed by atoms with Gasteiger partial charge in [-0.1, -0.05) is 72.3 Å². The number of carbonyl (C=O) groups excluding carboxylic acids is 1. The van der Waals surface area contributed by atoms with Crippen LogP contribution < -0.4 is 5.32 Å². The first-order valence-electron chi connectivity index (χ1n) is 11.2. The number of rotatable bonds is 6. The highest BCUT2D eigenvalue weighted by Crippen LogP contribution is 2.41. The van der Waals surface area contributed by atoms with Gasteiger partial charge in [0.1, 0.15) is 6.10 Å². The van der Waals surface area contributed by atoms with Crippen LogP contribution in [0.15, 0.2) is 78.9 Å². The summed E-state index contributed by atoms with van der Waals surface area (Å²) in [6.07, 6.45) is 1.45. The minimum absolute atomic E-state index is 0.379. The maximum Gasteiger partial charge on any atom is 0.412 e. The summed E-state index contributed by atoms with van der Waals surface area (Å²) < 4.78 is 19.6. The maximum atomic E-state index is 14.2. The summed E-state index contributed by atoms with van der Waals surface area (Å²) in [5.74, 6) is 0.733. The van der Waals surface area contributed by atoms with Crippen LogP contribution >= 0.6 is 22.9 Å². The first kappa shape index (κ1) is 22.6. The standard InChI is InChI=1S/C28H23ClFNO2S/c1-17(18-12-14-24(29)15-13-18)33-28(32)31-25-16-26(30)34-27(25)23-10-8-22(9-11-23)21-6-4-20(5-7-21)19-2-3-19/h4-17,19H,2-3H2,1H3,(H,31,32)/t17-/m1/s1. The van der Waals surface area contributed by atoms with Crippen molar-refractivity contribution >= 4 is 34.7 Å². The Morgan fingerprint density at radius 2 is 1.56 bits per heavy atom. The van der Waals surface area contributed by atoms with Crippen molar-refractivity contribution in [1.82, 2.24) is 0 Å². The van der Waals surface area contributed by atoms with Gasteiger partial charge in [0.15, 0.2) is 5.13 Å². The maximum absolute atomic E-state index is 14.2. The summed E-state index contributed by atoms with van der Waals surface area (Å²) in [6, 6.07) is 25.0. The Morgan fingerprint density at radius 1 is 0.971 bits per heavy atom. The van der Waals surface area contributed by atoms with E-state index < -0.39 is 12.2 Å². The lowest BCUT2D eigenvalue weighted by Crippen LogP contribution is -2.16. The number of anilines is 1. The van der Waals surface area contributed by atoms with Gasteiger partial charge < -0.3 is 4.74 Å². The van der Waals surface area contributed by atoms with Crippen molar-refractivity contribution in [2.75, 3.05) is 5.32 Å². The third-order valence-electron chi connectivity index (χ3n) is 6.00. The number of hydrogen-bond donors (Lipinski definition) is 1. The number of hydrogen-bond acceptors (Lipinski definition) is 3. The van der Waals surface area contributed by atoms with Crippen LogP contribution in [0.25, 0.3) is 21.6 Å². The van der Waals surface area contributed by atoms with Crippen molar-refractivity contribution in [1.29, 1.82) is 0 Å². The van der Waals surface area contributed by atoms with E-state index in [2.05, 4.69) is 29.6 Å². The third kappa shape index (κ3) is 5.16. The van der Waals surface area contributed by atoms with Gasteiger partial charge in [0.05, 0.1) is 10.6 Å². The molecule has 1 amide bonds. The lowest BCUT2D eigenvalue weighted by molar-refractivity contribution is 0.121. The molecule has 0 bridgehead atoms. The van der Waals surface area contributed by atoms with Gasteiger partial charge in [0.25, 0.3) is 0 Å². The van der Waals surface area contributed by atoms with E-state index in [4.69, 9.17) is 16.3 Å². The summed E-state index contributed by atoms with van der Waals surface area (Å²) in [7, 11) is 0. The average molecular weight is 492 g/mol. The molecule has 0 radical (unpaired) electrons. The molecule has 3 aromatic carbocycles. The van der Waals surface area contributed by atoms with Gasteiger partial charge in [-0.15, -0.1) is 11.3 Å². The van der Waals surface area contributed by atoms with E-state index in [1.54, 1.807) is 31.2 Å². The lowest BCUT2D eigenvalue weighted by Gasteiger charge is -2.14. The second-order valence-corrected chi connectivity index (χ2v) is 9.93. The SMILES string of the molecule is C[C@@H](OC(=O)Nc1cc(F)sc1-c1ccc(-c2ccc(C3CC3)cc2)cc1)c1ccc(Cl)cc1. The molecule has 1 aliphatic carbocycles. The van der Waals surface area contributed by atoms with Crippen LogP contribution in [0.4, 0.5) is 14.9 Å². The van der Waals surface area contributed by atoms with Crippen molar-refractivity contribution < 1.29 is 13.9 Å². The summed E-state index contributed by atoms with van der Waals surface area (Å²) in [4.78, 5) is 13.1. The molecule has 0 unspecified atom stereocenters. The van der Waals surface area contributed by atoms with Crippen LogP contribution in [0.2, 0.25) is 5.02 Å². The fourth-order valence-corrected chi connectivity index (χ4v) is 4.92. The predicted octanol–water partition coefficient (Wildman–Crippen LogP) is 9.06. The molecule has 1 N–H and O–H groups in total. The Morgan fingerprint density at radius 3 is 2.18 bits per heavy atom. The van der Waals surface area contributed by atoms with Crippen molar-refractivity contribution in [3.8, 4) is 21.6 Å². The molecule has 1 saturated carbocycles. The van der Waals surface area contributed by atoms with Crippen LogP contribution in [0.3, 0.4) is 0 Å². The van der Waals surface area contributed by atoms with Crippen molar-refractivity contribution in [2.45, 2.75) is 31.8 Å². The highest BCUT2D eigenvalue weighted by Gasteiger charge is 2.23. The van der Waals surface area contributed by atoms with Gasteiger partial charge >= 0.3 is 6.09 Å². The second kappa shape index (κ2) is 9.61. The van der Waals surface area contributed by atoms with Crippen LogP contribution in [-0.2, 0) is 4.74 Å². The Kier molecular flexibility index (Phi) is 6.40. The molecule has 1 aromatic heterocycles. The van der Waals surface area contributed by atoms with Gasteiger partial charge in [-0.3, -0.25) is 5.32 Å². The molecule has 1 atom stereocenters. The molecule has 34 heavy (non-hydrogen) atoms. The van der Waals surface area contributed by atoms with Gasteiger partial charge in [0.2, 0.25) is 0 Å². The van der Waals surface area contributed by atoms with Crippen molar-refractivity contribution in [2.24, 2.45) is 0 Å². The molecular formula is C28H23ClFNO2S. The predicted molar refractivity (Wildman–Crippen MR) is 137 cm³/mol. The zero-order chi connectivity index (χ0) is 23.7. The van der Waals surface area contributed by atoms with Crippen LogP contribution in [0, 0.1) is 5.13 Å². The monoisotopic (exact) mass is 491 g/mol. The van der Waals surface area contributed by atoms with Crippen molar-refractivity contribution in [3.05, 3.63) is 100 Å². The summed E-state index contributed by atoms with van der Waals surface area (Å²) in [5, 5.41) is 2.93. The second-order valence-electron chi connectivity index (χ2n) is 8.49. The molecular weight excluding hydrogens is 469 g/mol. The number of ether oxygens (including phenoxy) is 1. The fourth-order valence-electron chi connectivity index (χ4n) is 3.95. The first-order valence-corrected chi connectivity index (χ1v) is 12.4. The van der Waals surface area contributed by atoms with E-state index in [1.165, 1.54) is 24.5 Å². The summed E-state index contributed by atoms with van der Waals surface area (Å²) >= 11 is 6.91. The highest BCUT2D eigenvalue weighted by atomic mass is 35.5. The van der Waals surface area contributed by atoms with Gasteiger partial charge in [-0.25, -0.2) is 4.79 Å². The van der Waals surface area contributed by atoms with Crippen molar-refractivity contribution in [3.63, 3.8) is 0 Å². The first-order chi connectivity index (χ1) is 16.5. The van der Waals surface area contributed by atoms with Crippen LogP contribution in [0.1, 0.15) is 42.9 Å². The molecule has 1 fully saturated rings. The molecule has 6 heteroatoms. The smallest absolute Gasteiger partial charge is 0.412 e. The zero-order valence-corrected chi connectivity index (χ0v) is 20.1. The van der Waals surface area contributed by atoms with Gasteiger partial charge in [0, 0.05) is 11.1 Å². The van der Waals surface area contributed by atoms with E-state index in [1.807, 2.05) is 24.3 Å². The topological polar surface area (TPSA) is 38.3 Å². The Hall–Kier alpha value is -3.15. The molecule has 5 rings (SSSR count). The minimum Gasteiger partial charge on any atom is -0.441 e. The van der Waals surface area contributed by atoms with Gasteiger partial charge in [-0.05, 0) is 65.6 Å². The Balaban J connectivity index is 1.29. The molecule has 3 nitrogen and oxygen atoms in total. The van der Waals surface area contributed by atoms with Crippen LogP contribution in [0.5, 0.6) is 0 Å². The number of nitrogens with one attached hydrogen (secondary N) is 1. The molecule has 0 saturated heterocycles. The average Bonchev–Trinajstić information content (AvgIpc) is 3.62. The summed E-state index contributed by atoms with van der Waals surface area (Å²) in [6.45, 7) is 1.77. The lowest BCUT2D eigenvalue weighted by atomic mass is 10.0. The molecule has 1 aliphatic rings. The van der Waals surface area contributed by atoms with E-state index in [-0.39, 0.29) is 5.13 Å². The normalized spacial score (nSPS) is 14.0. The number of amides is 1. The fraction of sp³-hybridized carbons (Fsp3) is 0.179. The number of thiophene rings is 1. The number of benzene rings is 3. The Labute approximate surface area is 207 Å². The summed E-state index contributed by atoms with van der Waals surface area (Å²) in [5.41, 5.74) is 5.67. The molecule has 172 valence electrons. The largest absolute Gasteiger partial charge is 0.441 e.